The number of hydrogen-bond donors (Lipinski definition) is 1. The molecule has 8 heteroatoms. The highest BCUT2D eigenvalue weighted by atomic mass is 35.5. The zero-order valence-corrected chi connectivity index (χ0v) is 16.7. The number of benzene rings is 2. The highest BCUT2D eigenvalue weighted by Crippen LogP contribution is 2.23. The van der Waals surface area contributed by atoms with Crippen LogP contribution in [0.15, 0.2) is 65.0 Å². The molecule has 0 aliphatic carbocycles. The topological polar surface area (TPSA) is 59.3 Å². The molecule has 2 aromatic carbocycles. The Hall–Kier alpha value is -2.28. The quantitative estimate of drug-likeness (QED) is 0.355. The number of imidazole rings is 1. The van der Waals surface area contributed by atoms with Gasteiger partial charge in [-0.1, -0.05) is 65.3 Å². The number of nitrogens with one attached hydrogen (secondary N) is 1. The Morgan fingerprint density at radius 1 is 1.22 bits per heavy atom. The van der Waals surface area contributed by atoms with E-state index in [9.17, 15) is 4.79 Å². The molecule has 0 aliphatic rings. The maximum absolute atomic E-state index is 12.3. The summed E-state index contributed by atoms with van der Waals surface area (Å²) in [6.07, 6.45) is 3.04. The van der Waals surface area contributed by atoms with Crippen LogP contribution in [0.5, 0.6) is 0 Å². The van der Waals surface area contributed by atoms with E-state index < -0.39 is 0 Å². The fraction of sp³-hybridized carbons (Fsp3) is 0.105. The molecule has 1 N–H and O–H groups in total. The van der Waals surface area contributed by atoms with E-state index in [0.29, 0.717) is 15.7 Å². The number of hydrogen-bond acceptors (Lipinski definition) is 4. The van der Waals surface area contributed by atoms with E-state index in [1.807, 2.05) is 42.5 Å². The molecule has 0 saturated heterocycles. The summed E-state index contributed by atoms with van der Waals surface area (Å²) in [5.74, 6) is 0.389. The summed E-state index contributed by atoms with van der Waals surface area (Å²) in [4.78, 5) is 16.6. The summed E-state index contributed by atoms with van der Waals surface area (Å²) < 4.78 is 1.74. The van der Waals surface area contributed by atoms with Crippen LogP contribution in [0.25, 0.3) is 0 Å². The van der Waals surface area contributed by atoms with Crippen LogP contribution in [0.2, 0.25) is 10.0 Å². The maximum atomic E-state index is 12.3. The molecular formula is C19H16Cl2N4OS. The van der Waals surface area contributed by atoms with Gasteiger partial charge in [-0.3, -0.25) is 4.79 Å². The van der Waals surface area contributed by atoms with Gasteiger partial charge in [-0.15, -0.1) is 0 Å². The predicted octanol–water partition coefficient (Wildman–Crippen LogP) is 4.78. The summed E-state index contributed by atoms with van der Waals surface area (Å²) in [5.41, 5.74) is 4.77. The first-order valence-corrected chi connectivity index (χ1v) is 9.75. The fourth-order valence-electron chi connectivity index (χ4n) is 2.26. The minimum Gasteiger partial charge on any atom is -0.318 e. The highest BCUT2D eigenvalue weighted by molar-refractivity contribution is 7.98. The van der Waals surface area contributed by atoms with Crippen LogP contribution in [0.3, 0.4) is 0 Å². The number of hydrazone groups is 1. The lowest BCUT2D eigenvalue weighted by atomic mass is 10.2. The van der Waals surface area contributed by atoms with E-state index in [1.165, 1.54) is 24.2 Å². The van der Waals surface area contributed by atoms with E-state index in [1.54, 1.807) is 17.7 Å². The maximum Gasteiger partial charge on any atom is 0.289 e. The monoisotopic (exact) mass is 418 g/mol. The summed E-state index contributed by atoms with van der Waals surface area (Å²) >= 11 is 13.5. The van der Waals surface area contributed by atoms with Crippen molar-refractivity contribution in [2.24, 2.45) is 12.1 Å². The molecule has 1 amide bonds. The Balaban J connectivity index is 1.61. The number of halogens is 2. The average Bonchev–Trinajstić information content (AvgIpc) is 3.03. The number of thioether (sulfide) groups is 1. The van der Waals surface area contributed by atoms with Gasteiger partial charge in [-0.25, -0.2) is 10.4 Å². The highest BCUT2D eigenvalue weighted by Gasteiger charge is 2.14. The van der Waals surface area contributed by atoms with Crippen LogP contribution in [0, 0.1) is 0 Å². The van der Waals surface area contributed by atoms with Crippen LogP contribution >= 0.6 is 35.0 Å². The molecule has 3 rings (SSSR count). The minimum atomic E-state index is -0.341. The third-order valence-electron chi connectivity index (χ3n) is 3.73. The lowest BCUT2D eigenvalue weighted by molar-refractivity contribution is 0.0946. The first-order chi connectivity index (χ1) is 13.0. The summed E-state index contributed by atoms with van der Waals surface area (Å²) in [5, 5.41) is 5.97. The van der Waals surface area contributed by atoms with E-state index >= 15 is 0 Å². The van der Waals surface area contributed by atoms with Gasteiger partial charge in [0.05, 0.1) is 12.4 Å². The van der Waals surface area contributed by atoms with Crippen molar-refractivity contribution in [3.63, 3.8) is 0 Å². The van der Waals surface area contributed by atoms with E-state index in [-0.39, 0.29) is 5.91 Å². The first-order valence-electron chi connectivity index (χ1n) is 8.01. The molecular weight excluding hydrogens is 403 g/mol. The van der Waals surface area contributed by atoms with Gasteiger partial charge in [0.1, 0.15) is 5.69 Å². The third-order valence-corrected chi connectivity index (χ3v) is 5.45. The Kier molecular flexibility index (Phi) is 6.55. The Morgan fingerprint density at radius 2 is 1.96 bits per heavy atom. The summed E-state index contributed by atoms with van der Waals surface area (Å²) in [7, 11) is 1.80. The average molecular weight is 419 g/mol. The largest absolute Gasteiger partial charge is 0.318 e. The van der Waals surface area contributed by atoms with Crippen molar-refractivity contribution >= 4 is 47.1 Å². The summed E-state index contributed by atoms with van der Waals surface area (Å²) in [6.45, 7) is 0. The van der Waals surface area contributed by atoms with Crippen molar-refractivity contribution in [2.75, 3.05) is 0 Å². The van der Waals surface area contributed by atoms with E-state index in [0.717, 1.165) is 22.0 Å². The SMILES string of the molecule is Cn1c(C(=O)NN=Cc2ccccc2Cl)cnc1SCc1ccc(Cl)cc1. The van der Waals surface area contributed by atoms with Gasteiger partial charge in [0.15, 0.2) is 5.16 Å². The molecule has 0 fully saturated rings. The van der Waals surface area contributed by atoms with Crippen molar-refractivity contribution in [3.05, 3.63) is 81.6 Å². The van der Waals surface area contributed by atoms with Crippen molar-refractivity contribution in [2.45, 2.75) is 10.9 Å². The fourth-order valence-corrected chi connectivity index (χ4v) is 3.48. The zero-order chi connectivity index (χ0) is 19.2. The van der Waals surface area contributed by atoms with Crippen LogP contribution in [-0.4, -0.2) is 21.7 Å². The van der Waals surface area contributed by atoms with Crippen LogP contribution < -0.4 is 5.43 Å². The van der Waals surface area contributed by atoms with Crippen molar-refractivity contribution in [1.82, 2.24) is 15.0 Å². The van der Waals surface area contributed by atoms with Crippen LogP contribution in [0.1, 0.15) is 21.6 Å². The molecule has 3 aromatic rings. The van der Waals surface area contributed by atoms with Gasteiger partial charge in [0.2, 0.25) is 0 Å². The van der Waals surface area contributed by atoms with Crippen LogP contribution in [-0.2, 0) is 12.8 Å². The van der Waals surface area contributed by atoms with Gasteiger partial charge in [-0.2, -0.15) is 5.10 Å². The van der Waals surface area contributed by atoms with Gasteiger partial charge >= 0.3 is 0 Å². The second-order valence-corrected chi connectivity index (χ2v) is 7.41. The number of nitrogens with zero attached hydrogens (tertiary/aromatic N) is 3. The molecule has 1 aromatic heterocycles. The number of amides is 1. The standard InChI is InChI=1S/C19H16Cl2N4OS/c1-25-17(18(26)24-23-10-14-4-2-3-5-16(14)21)11-22-19(25)27-12-13-6-8-15(20)9-7-13/h2-11H,12H2,1H3,(H,24,26). The Morgan fingerprint density at radius 3 is 2.70 bits per heavy atom. The Bertz CT molecular complexity index is 970. The van der Waals surface area contributed by atoms with Crippen LogP contribution in [0.4, 0.5) is 0 Å². The Labute approximate surface area is 171 Å². The molecule has 0 atom stereocenters. The van der Waals surface area contributed by atoms with Crippen molar-refractivity contribution in [1.29, 1.82) is 0 Å². The van der Waals surface area contributed by atoms with Gasteiger partial charge < -0.3 is 4.57 Å². The molecule has 0 bridgehead atoms. The second-order valence-electron chi connectivity index (χ2n) is 5.62. The molecule has 27 heavy (non-hydrogen) atoms. The predicted molar refractivity (Wildman–Crippen MR) is 111 cm³/mol. The smallest absolute Gasteiger partial charge is 0.289 e. The number of carbonyl (C=O) groups is 1. The molecule has 138 valence electrons. The summed E-state index contributed by atoms with van der Waals surface area (Å²) in [6, 6.07) is 14.9. The van der Waals surface area contributed by atoms with Gasteiger partial charge in [0, 0.05) is 28.4 Å². The molecule has 0 radical (unpaired) electrons. The minimum absolute atomic E-state index is 0.341. The zero-order valence-electron chi connectivity index (χ0n) is 14.4. The first kappa shape index (κ1) is 19.5. The molecule has 0 saturated carbocycles. The van der Waals surface area contributed by atoms with Gasteiger partial charge in [0.25, 0.3) is 5.91 Å². The lowest BCUT2D eigenvalue weighted by Gasteiger charge is -2.05. The second kappa shape index (κ2) is 9.08. The van der Waals surface area contributed by atoms with E-state index in [4.69, 9.17) is 23.2 Å². The molecule has 0 aliphatic heterocycles. The number of aromatic nitrogens is 2. The third kappa shape index (κ3) is 5.13. The van der Waals surface area contributed by atoms with E-state index in [2.05, 4.69) is 15.5 Å². The number of rotatable bonds is 6. The molecule has 5 nitrogen and oxygen atoms in total. The normalized spacial score (nSPS) is 11.1. The molecule has 1 heterocycles. The molecule has 0 unspecified atom stereocenters. The van der Waals surface area contributed by atoms with Crippen molar-refractivity contribution < 1.29 is 4.79 Å². The molecule has 0 spiro atoms. The van der Waals surface area contributed by atoms with Crippen molar-refractivity contribution in [3.8, 4) is 0 Å². The number of carbonyl (C=O) groups excluding carboxylic acids is 1. The lowest BCUT2D eigenvalue weighted by Crippen LogP contribution is -2.20. The van der Waals surface area contributed by atoms with Gasteiger partial charge in [-0.05, 0) is 23.8 Å².